The Labute approximate surface area is 183 Å². The molecule has 8 nitrogen and oxygen atoms in total. The molecule has 0 saturated heterocycles. The zero-order valence-electron chi connectivity index (χ0n) is 17.5. The number of nitrogens with two attached hydrogens (primary N) is 1. The summed E-state index contributed by atoms with van der Waals surface area (Å²) in [6, 6.07) is -1.12. The normalized spacial score (nSPS) is 13.8. The highest BCUT2D eigenvalue weighted by atomic mass is 19.4. The van der Waals surface area contributed by atoms with Crippen LogP contribution < -0.4 is 11.1 Å². The van der Waals surface area contributed by atoms with E-state index in [2.05, 4.69) is 9.47 Å². The van der Waals surface area contributed by atoms with E-state index in [1.165, 1.54) is 6.92 Å². The van der Waals surface area contributed by atoms with Crippen molar-refractivity contribution in [2.24, 2.45) is 17.6 Å². The van der Waals surface area contributed by atoms with Gasteiger partial charge in [-0.25, -0.2) is 0 Å². The van der Waals surface area contributed by atoms with Gasteiger partial charge in [0.05, 0.1) is 31.8 Å². The molecule has 0 aliphatic rings. The number of hydrogen-bond acceptors (Lipinski definition) is 6. The summed E-state index contributed by atoms with van der Waals surface area (Å²) in [4.78, 5) is 48.0. The van der Waals surface area contributed by atoms with Crippen molar-refractivity contribution in [3.63, 3.8) is 0 Å². The molecule has 2 amide bonds. The lowest BCUT2D eigenvalue weighted by molar-refractivity contribution is -0.162. The predicted molar refractivity (Wildman–Crippen MR) is 98.0 cm³/mol. The molecule has 1 rings (SSSR count). The van der Waals surface area contributed by atoms with E-state index in [4.69, 9.17) is 5.73 Å². The summed E-state index contributed by atoms with van der Waals surface area (Å²) in [5.41, 5.74) is 1.30. The van der Waals surface area contributed by atoms with Crippen LogP contribution in [0, 0.1) is 11.8 Å². The van der Waals surface area contributed by atoms with Gasteiger partial charge in [-0.2, -0.15) is 26.3 Å². The van der Waals surface area contributed by atoms with Crippen LogP contribution >= 0.6 is 0 Å². The largest absolute Gasteiger partial charge is 0.468 e. The maximum Gasteiger partial charge on any atom is 0.416 e. The third kappa shape index (κ3) is 7.36. The van der Waals surface area contributed by atoms with Crippen LogP contribution in [0.25, 0.3) is 0 Å². The second-order valence-electron chi connectivity index (χ2n) is 6.92. The number of esters is 2. The number of carbonyl (C=O) groups is 4. The Kier molecular flexibility index (Phi) is 8.84. The van der Waals surface area contributed by atoms with Crippen molar-refractivity contribution in [3.8, 4) is 0 Å². The molecule has 0 fully saturated rings. The first-order chi connectivity index (χ1) is 15.0. The Hall–Kier alpha value is -3.32. The number of rotatable bonds is 8. The highest BCUT2D eigenvalue weighted by molar-refractivity contribution is 5.97. The van der Waals surface area contributed by atoms with Crippen molar-refractivity contribution in [1.29, 1.82) is 0 Å². The maximum absolute atomic E-state index is 13.0. The summed E-state index contributed by atoms with van der Waals surface area (Å²) >= 11 is 0. The molecule has 33 heavy (non-hydrogen) atoms. The molecule has 0 aliphatic heterocycles. The number of nitrogens with one attached hydrogen (secondary N) is 1. The van der Waals surface area contributed by atoms with E-state index >= 15 is 0 Å². The Morgan fingerprint density at radius 2 is 1.33 bits per heavy atom. The van der Waals surface area contributed by atoms with Gasteiger partial charge in [-0.3, -0.25) is 19.2 Å². The van der Waals surface area contributed by atoms with Gasteiger partial charge in [-0.05, 0) is 23.8 Å². The molecule has 0 radical (unpaired) electrons. The summed E-state index contributed by atoms with van der Waals surface area (Å²) < 4.78 is 86.8. The highest BCUT2D eigenvalue weighted by Gasteiger charge is 2.41. The molecule has 184 valence electrons. The topological polar surface area (TPSA) is 125 Å². The monoisotopic (exact) mass is 486 g/mol. The molecule has 0 heterocycles. The van der Waals surface area contributed by atoms with E-state index in [-0.39, 0.29) is 6.07 Å². The minimum absolute atomic E-state index is 0.104. The third-order valence-corrected chi connectivity index (χ3v) is 4.60. The van der Waals surface area contributed by atoms with Gasteiger partial charge < -0.3 is 20.5 Å². The van der Waals surface area contributed by atoms with Crippen LogP contribution in [0.15, 0.2) is 18.2 Å². The first-order valence-electron chi connectivity index (χ1n) is 9.05. The van der Waals surface area contributed by atoms with Crippen LogP contribution in [0.2, 0.25) is 0 Å². The molecule has 0 unspecified atom stereocenters. The van der Waals surface area contributed by atoms with Gasteiger partial charge in [0.25, 0.3) is 0 Å². The van der Waals surface area contributed by atoms with Crippen molar-refractivity contribution in [3.05, 3.63) is 34.9 Å². The smallest absolute Gasteiger partial charge is 0.416 e. The van der Waals surface area contributed by atoms with Gasteiger partial charge >= 0.3 is 24.3 Å². The quantitative estimate of drug-likeness (QED) is 0.328. The molecule has 2 atom stereocenters. The standard InChI is InChI=1S/C19H20F6N2O6/c1-8(13(16(30)32-2)17(31)33-3)14(15(26)29)27-12(28)6-9-4-10(18(20,21)22)7-11(5-9)19(23,24)25/h4-5,7-8,13-14H,6H2,1-3H3,(H2,26,29)(H,27,28)/t8-,14-/m0/s1. The van der Waals surface area contributed by atoms with E-state index in [1.807, 2.05) is 5.32 Å². The lowest BCUT2D eigenvalue weighted by Crippen LogP contribution is -2.53. The van der Waals surface area contributed by atoms with Gasteiger partial charge in [0, 0.05) is 5.92 Å². The highest BCUT2D eigenvalue weighted by Crippen LogP contribution is 2.36. The number of ether oxygens (including phenoxy) is 2. The summed E-state index contributed by atoms with van der Waals surface area (Å²) in [5, 5.41) is 2.03. The average Bonchev–Trinajstić information content (AvgIpc) is 2.69. The Morgan fingerprint density at radius 3 is 1.67 bits per heavy atom. The first kappa shape index (κ1) is 27.7. The number of hydrogen-bond donors (Lipinski definition) is 2. The Morgan fingerprint density at radius 1 is 0.909 bits per heavy atom. The van der Waals surface area contributed by atoms with Crippen molar-refractivity contribution in [2.45, 2.75) is 31.7 Å². The number of carbonyl (C=O) groups excluding carboxylic acids is 4. The lowest BCUT2D eigenvalue weighted by Gasteiger charge is -2.26. The van der Waals surface area contributed by atoms with E-state index in [9.17, 15) is 45.5 Å². The Bertz CT molecular complexity index is 867. The summed E-state index contributed by atoms with van der Waals surface area (Å²) in [6.07, 6.45) is -11.2. The molecule has 0 aliphatic carbocycles. The molecule has 14 heteroatoms. The van der Waals surface area contributed by atoms with Crippen LogP contribution in [0.1, 0.15) is 23.6 Å². The fourth-order valence-electron chi connectivity index (χ4n) is 2.96. The molecule has 0 saturated carbocycles. The van der Waals surface area contributed by atoms with Gasteiger partial charge in [0.15, 0.2) is 5.92 Å². The molecule has 0 aromatic heterocycles. The van der Waals surface area contributed by atoms with Crippen molar-refractivity contribution < 1.29 is 55.0 Å². The minimum Gasteiger partial charge on any atom is -0.468 e. The molecule has 0 spiro atoms. The average molecular weight is 486 g/mol. The SMILES string of the molecule is COC(=O)C(C(=O)OC)[C@H](C)[C@H](NC(=O)Cc1cc(C(F)(F)F)cc(C(F)(F)F)c1)C(N)=O. The lowest BCUT2D eigenvalue weighted by atomic mass is 9.86. The molecular formula is C19H20F6N2O6. The number of methoxy groups -OCH3 is 2. The van der Waals surface area contributed by atoms with Crippen LogP contribution in [0.5, 0.6) is 0 Å². The third-order valence-electron chi connectivity index (χ3n) is 4.60. The van der Waals surface area contributed by atoms with E-state index < -0.39 is 77.1 Å². The van der Waals surface area contributed by atoms with E-state index in [0.29, 0.717) is 12.1 Å². The van der Waals surface area contributed by atoms with Crippen molar-refractivity contribution >= 4 is 23.8 Å². The van der Waals surface area contributed by atoms with Gasteiger partial charge in [0.2, 0.25) is 11.8 Å². The minimum atomic E-state index is -5.12. The number of alkyl halides is 6. The van der Waals surface area contributed by atoms with Crippen LogP contribution in [-0.4, -0.2) is 44.0 Å². The zero-order chi connectivity index (χ0) is 25.7. The maximum atomic E-state index is 13.0. The summed E-state index contributed by atoms with van der Waals surface area (Å²) in [7, 11) is 1.88. The summed E-state index contributed by atoms with van der Waals surface area (Å²) in [6.45, 7) is 1.17. The van der Waals surface area contributed by atoms with Crippen LogP contribution in [0.3, 0.4) is 0 Å². The van der Waals surface area contributed by atoms with Gasteiger partial charge in [0.1, 0.15) is 6.04 Å². The number of halogens is 6. The molecular weight excluding hydrogens is 466 g/mol. The van der Waals surface area contributed by atoms with Gasteiger partial charge in [-0.1, -0.05) is 6.92 Å². The van der Waals surface area contributed by atoms with E-state index in [0.717, 1.165) is 14.2 Å². The molecule has 0 bridgehead atoms. The second kappa shape index (κ2) is 10.5. The van der Waals surface area contributed by atoms with Crippen LogP contribution in [-0.2, 0) is 47.4 Å². The second-order valence-corrected chi connectivity index (χ2v) is 6.92. The fourth-order valence-corrected chi connectivity index (χ4v) is 2.96. The van der Waals surface area contributed by atoms with Crippen molar-refractivity contribution in [2.75, 3.05) is 14.2 Å². The predicted octanol–water partition coefficient (Wildman–Crippen LogP) is 1.84. The number of benzene rings is 1. The molecule has 1 aromatic rings. The number of primary amides is 1. The fraction of sp³-hybridized carbons (Fsp3) is 0.474. The molecule has 1 aromatic carbocycles. The van der Waals surface area contributed by atoms with E-state index in [1.54, 1.807) is 0 Å². The zero-order valence-corrected chi connectivity index (χ0v) is 17.5. The number of amides is 2. The summed E-state index contributed by atoms with van der Waals surface area (Å²) in [5.74, 6) is -7.70. The first-order valence-corrected chi connectivity index (χ1v) is 9.05. The van der Waals surface area contributed by atoms with Crippen LogP contribution in [0.4, 0.5) is 26.3 Å². The Balaban J connectivity index is 3.23. The molecule has 3 N–H and O–H groups in total. The van der Waals surface area contributed by atoms with Crippen molar-refractivity contribution in [1.82, 2.24) is 5.32 Å². The van der Waals surface area contributed by atoms with Gasteiger partial charge in [-0.15, -0.1) is 0 Å².